The van der Waals surface area contributed by atoms with Crippen LogP contribution < -0.4 is 0 Å². The quantitative estimate of drug-likeness (QED) is 0.543. The van der Waals surface area contributed by atoms with E-state index in [9.17, 15) is 0 Å². The molecular weight excluding hydrogens is 104 g/mol. The fraction of sp³-hybridized carbons (Fsp3) is 0.833. The predicted octanol–water partition coefficient (Wildman–Crippen LogP) is 1.44. The summed E-state index contributed by atoms with van der Waals surface area (Å²) in [7, 11) is 1.51. The average molecular weight is 116 g/mol. The van der Waals surface area contributed by atoms with E-state index in [0.29, 0.717) is 0 Å². The van der Waals surface area contributed by atoms with Gasteiger partial charge in [0, 0.05) is 7.11 Å². The second-order valence-electron chi connectivity index (χ2n) is 2.50. The Morgan fingerprint density at radius 3 is 1.88 bits per heavy atom. The third-order valence-corrected chi connectivity index (χ3v) is 0.431. The first kappa shape index (κ1) is 7.92. The molecule has 0 fully saturated rings. The van der Waals surface area contributed by atoms with Gasteiger partial charge in [-0.05, 0) is 20.8 Å². The van der Waals surface area contributed by atoms with Gasteiger partial charge in [-0.1, -0.05) is 0 Å². The van der Waals surface area contributed by atoms with Crippen LogP contribution in [0.1, 0.15) is 20.8 Å². The predicted molar refractivity (Wildman–Crippen MR) is 31.1 cm³/mol. The van der Waals surface area contributed by atoms with Crippen LogP contribution in [-0.4, -0.2) is 12.7 Å². The van der Waals surface area contributed by atoms with E-state index in [1.807, 2.05) is 20.8 Å². The van der Waals surface area contributed by atoms with E-state index in [1.54, 1.807) is 0 Å². The maximum absolute atomic E-state index is 4.91. The minimum Gasteiger partial charge on any atom is -0.344 e. The lowest BCUT2D eigenvalue weighted by Crippen LogP contribution is -2.17. The number of rotatable bonds is 2. The summed E-state index contributed by atoms with van der Waals surface area (Å²) in [4.78, 5) is 0. The zero-order valence-electron chi connectivity index (χ0n) is 5.82. The molecule has 0 aliphatic rings. The molecule has 0 aromatic heterocycles. The standard InChI is InChI=1S/C6H12O2/c1-6(2,3)8-5-7-4/h1-4H3. The SMILES string of the molecule is CO[C]OC(C)(C)C. The maximum atomic E-state index is 4.91. The van der Waals surface area contributed by atoms with Crippen LogP contribution >= 0.6 is 0 Å². The Kier molecular flexibility index (Phi) is 3.02. The molecular formula is C6H12O2. The van der Waals surface area contributed by atoms with E-state index >= 15 is 0 Å². The van der Waals surface area contributed by atoms with Crippen molar-refractivity contribution in [3.05, 3.63) is 6.79 Å². The van der Waals surface area contributed by atoms with Crippen molar-refractivity contribution in [2.45, 2.75) is 26.4 Å². The smallest absolute Gasteiger partial charge is 0.292 e. The third-order valence-electron chi connectivity index (χ3n) is 0.431. The van der Waals surface area contributed by atoms with Crippen LogP contribution in [0.4, 0.5) is 0 Å². The van der Waals surface area contributed by atoms with Gasteiger partial charge in [0.2, 0.25) is 0 Å². The molecule has 0 aromatic carbocycles. The highest BCUT2D eigenvalue weighted by Crippen LogP contribution is 2.07. The molecule has 2 heteroatoms. The summed E-state index contributed by atoms with van der Waals surface area (Å²) < 4.78 is 9.35. The van der Waals surface area contributed by atoms with E-state index in [2.05, 4.69) is 11.5 Å². The summed E-state index contributed by atoms with van der Waals surface area (Å²) in [6, 6.07) is 0. The Balaban J connectivity index is 3.11. The first-order valence-electron chi connectivity index (χ1n) is 2.52. The van der Waals surface area contributed by atoms with Crippen LogP contribution in [0, 0.1) is 6.79 Å². The van der Waals surface area contributed by atoms with Gasteiger partial charge in [0.1, 0.15) is 0 Å². The number of ether oxygens (including phenoxy) is 2. The summed E-state index contributed by atoms with van der Waals surface area (Å²) in [5.41, 5.74) is -0.185. The fourth-order valence-corrected chi connectivity index (χ4v) is 0.167. The van der Waals surface area contributed by atoms with Gasteiger partial charge < -0.3 is 9.47 Å². The summed E-state index contributed by atoms with van der Waals surface area (Å²) in [5.74, 6) is 0. The Bertz CT molecular complexity index is 54.0. The van der Waals surface area contributed by atoms with Gasteiger partial charge in [0.15, 0.2) is 0 Å². The van der Waals surface area contributed by atoms with Crippen LogP contribution in [0.15, 0.2) is 0 Å². The molecule has 0 aliphatic heterocycles. The molecule has 0 aromatic rings. The normalized spacial score (nSPS) is 12.0. The summed E-state index contributed by atoms with van der Waals surface area (Å²) in [6.45, 7) is 8.08. The highest BCUT2D eigenvalue weighted by atomic mass is 16.7. The molecule has 0 unspecified atom stereocenters. The molecule has 0 amide bonds. The lowest BCUT2D eigenvalue weighted by atomic mass is 10.2. The molecule has 2 nitrogen and oxygen atoms in total. The van der Waals surface area contributed by atoms with Crippen molar-refractivity contribution in [1.82, 2.24) is 0 Å². The van der Waals surface area contributed by atoms with Gasteiger partial charge in [-0.3, -0.25) is 0 Å². The van der Waals surface area contributed by atoms with Crippen molar-refractivity contribution in [3.63, 3.8) is 0 Å². The molecule has 0 saturated heterocycles. The molecule has 0 aliphatic carbocycles. The van der Waals surface area contributed by atoms with Gasteiger partial charge in [0.05, 0.1) is 5.60 Å². The molecule has 0 rings (SSSR count). The summed E-state index contributed by atoms with van der Waals surface area (Å²) >= 11 is 0. The van der Waals surface area contributed by atoms with E-state index < -0.39 is 0 Å². The lowest BCUT2D eigenvalue weighted by Gasteiger charge is -2.16. The van der Waals surface area contributed by atoms with Crippen LogP contribution in [0.25, 0.3) is 0 Å². The Morgan fingerprint density at radius 2 is 1.75 bits per heavy atom. The zero-order valence-corrected chi connectivity index (χ0v) is 5.82. The zero-order chi connectivity index (χ0) is 6.62. The number of methoxy groups -OCH3 is 1. The first-order chi connectivity index (χ1) is 3.56. The largest absolute Gasteiger partial charge is 0.344 e. The molecule has 8 heavy (non-hydrogen) atoms. The van der Waals surface area contributed by atoms with Crippen LogP contribution in [0.3, 0.4) is 0 Å². The van der Waals surface area contributed by atoms with Crippen molar-refractivity contribution in [2.75, 3.05) is 7.11 Å². The Labute approximate surface area is 50.8 Å². The van der Waals surface area contributed by atoms with Crippen molar-refractivity contribution in [2.24, 2.45) is 0 Å². The van der Waals surface area contributed by atoms with Crippen molar-refractivity contribution < 1.29 is 9.47 Å². The van der Waals surface area contributed by atoms with Crippen LogP contribution in [-0.2, 0) is 9.47 Å². The molecule has 0 heterocycles. The average Bonchev–Trinajstić information content (AvgIpc) is 1.59. The lowest BCUT2D eigenvalue weighted by molar-refractivity contribution is -0.0425. The van der Waals surface area contributed by atoms with Crippen molar-refractivity contribution in [3.8, 4) is 0 Å². The van der Waals surface area contributed by atoms with Crippen molar-refractivity contribution >= 4 is 0 Å². The second kappa shape index (κ2) is 3.05. The van der Waals surface area contributed by atoms with Crippen molar-refractivity contribution in [1.29, 1.82) is 0 Å². The molecule has 0 N–H and O–H groups in total. The number of hydrogen-bond donors (Lipinski definition) is 0. The van der Waals surface area contributed by atoms with E-state index in [-0.39, 0.29) is 5.60 Å². The second-order valence-corrected chi connectivity index (χ2v) is 2.50. The van der Waals surface area contributed by atoms with Crippen LogP contribution in [0.5, 0.6) is 0 Å². The first-order valence-corrected chi connectivity index (χ1v) is 2.52. The molecule has 48 valence electrons. The number of hydrogen-bond acceptors (Lipinski definition) is 2. The van der Waals surface area contributed by atoms with E-state index in [4.69, 9.17) is 4.74 Å². The summed E-state index contributed by atoms with van der Waals surface area (Å²) in [5, 5.41) is 0. The highest BCUT2D eigenvalue weighted by molar-refractivity contribution is 4.58. The molecule has 0 spiro atoms. The van der Waals surface area contributed by atoms with Gasteiger partial charge in [-0.25, -0.2) is 0 Å². The minimum absolute atomic E-state index is 0.185. The summed E-state index contributed by atoms with van der Waals surface area (Å²) in [6.07, 6.45) is 0. The monoisotopic (exact) mass is 116 g/mol. The molecule has 0 atom stereocenters. The van der Waals surface area contributed by atoms with Gasteiger partial charge in [0.25, 0.3) is 6.79 Å². The Morgan fingerprint density at radius 1 is 1.25 bits per heavy atom. The van der Waals surface area contributed by atoms with E-state index in [0.717, 1.165) is 0 Å². The highest BCUT2D eigenvalue weighted by Gasteiger charge is 2.09. The minimum atomic E-state index is -0.185. The maximum Gasteiger partial charge on any atom is 0.292 e. The molecule has 0 bridgehead atoms. The van der Waals surface area contributed by atoms with Gasteiger partial charge >= 0.3 is 0 Å². The van der Waals surface area contributed by atoms with Crippen LogP contribution in [0.2, 0.25) is 0 Å². The van der Waals surface area contributed by atoms with Gasteiger partial charge in [-0.15, -0.1) is 0 Å². The Hall–Kier alpha value is -0.0800. The van der Waals surface area contributed by atoms with E-state index in [1.165, 1.54) is 7.11 Å². The van der Waals surface area contributed by atoms with Gasteiger partial charge in [-0.2, -0.15) is 0 Å². The molecule has 2 radical (unpaired) electrons. The third kappa shape index (κ3) is 5.92. The molecule has 0 saturated carbocycles. The fourth-order valence-electron chi connectivity index (χ4n) is 0.167. The topological polar surface area (TPSA) is 18.5 Å².